The zero-order chi connectivity index (χ0) is 15.1. The first kappa shape index (κ1) is 14.6. The molecule has 0 radical (unpaired) electrons. The molecule has 0 amide bonds. The van der Waals surface area contributed by atoms with Crippen LogP contribution in [0, 0.1) is 6.92 Å². The predicted octanol–water partition coefficient (Wildman–Crippen LogP) is 3.88. The molecule has 108 valence electrons. The lowest BCUT2D eigenvalue weighted by atomic mass is 9.85. The fourth-order valence-electron chi connectivity index (χ4n) is 2.31. The van der Waals surface area contributed by atoms with Gasteiger partial charge in [0.1, 0.15) is 5.58 Å². The zero-order valence-corrected chi connectivity index (χ0v) is 12.5. The SMILES string of the molecule is COCc1c(C(=O)O)oc2c(C)cc(C(C)(C)C)cc12. The van der Waals surface area contributed by atoms with Gasteiger partial charge in [0, 0.05) is 18.1 Å². The maximum Gasteiger partial charge on any atom is 0.372 e. The number of methoxy groups -OCH3 is 1. The van der Waals surface area contributed by atoms with Crippen LogP contribution in [0.15, 0.2) is 16.5 Å². The summed E-state index contributed by atoms with van der Waals surface area (Å²) in [6.07, 6.45) is 0. The topological polar surface area (TPSA) is 59.7 Å². The van der Waals surface area contributed by atoms with Gasteiger partial charge in [0.05, 0.1) is 6.61 Å². The van der Waals surface area contributed by atoms with E-state index in [-0.39, 0.29) is 17.8 Å². The Labute approximate surface area is 118 Å². The molecule has 0 saturated carbocycles. The van der Waals surface area contributed by atoms with Crippen molar-refractivity contribution in [3.8, 4) is 0 Å². The molecule has 1 aromatic carbocycles. The van der Waals surface area contributed by atoms with Crippen LogP contribution in [0.3, 0.4) is 0 Å². The number of carboxylic acid groups (broad SMARTS) is 1. The van der Waals surface area contributed by atoms with E-state index in [4.69, 9.17) is 9.15 Å². The van der Waals surface area contributed by atoms with Gasteiger partial charge in [-0.1, -0.05) is 26.8 Å². The molecule has 1 aromatic heterocycles. The van der Waals surface area contributed by atoms with Crippen LogP contribution in [0.2, 0.25) is 0 Å². The lowest BCUT2D eigenvalue weighted by Gasteiger charge is -2.19. The van der Waals surface area contributed by atoms with E-state index in [9.17, 15) is 9.90 Å². The predicted molar refractivity (Wildman–Crippen MR) is 77.3 cm³/mol. The van der Waals surface area contributed by atoms with Crippen LogP contribution in [-0.4, -0.2) is 18.2 Å². The molecular formula is C16H20O4. The van der Waals surface area contributed by atoms with E-state index in [1.54, 1.807) is 7.11 Å². The van der Waals surface area contributed by atoms with Crippen molar-refractivity contribution in [2.45, 2.75) is 39.7 Å². The second kappa shape index (κ2) is 4.94. The van der Waals surface area contributed by atoms with Gasteiger partial charge in [0.15, 0.2) is 0 Å². The highest BCUT2D eigenvalue weighted by atomic mass is 16.5. The summed E-state index contributed by atoms with van der Waals surface area (Å²) < 4.78 is 10.7. The van der Waals surface area contributed by atoms with Crippen molar-refractivity contribution in [1.29, 1.82) is 0 Å². The van der Waals surface area contributed by atoms with E-state index >= 15 is 0 Å². The highest BCUT2D eigenvalue weighted by Crippen LogP contribution is 2.34. The molecule has 2 rings (SSSR count). The lowest BCUT2D eigenvalue weighted by Crippen LogP contribution is -2.11. The Hall–Kier alpha value is -1.81. The number of aromatic carboxylic acids is 1. The number of carbonyl (C=O) groups is 1. The third-order valence-electron chi connectivity index (χ3n) is 3.43. The minimum Gasteiger partial charge on any atom is -0.475 e. The minimum atomic E-state index is -1.06. The van der Waals surface area contributed by atoms with Crippen LogP contribution in [0.4, 0.5) is 0 Å². The summed E-state index contributed by atoms with van der Waals surface area (Å²) in [5.74, 6) is -1.10. The van der Waals surface area contributed by atoms with Gasteiger partial charge in [-0.05, 0) is 29.5 Å². The smallest absolute Gasteiger partial charge is 0.372 e. The van der Waals surface area contributed by atoms with Crippen molar-refractivity contribution in [2.24, 2.45) is 0 Å². The lowest BCUT2D eigenvalue weighted by molar-refractivity contribution is 0.0658. The van der Waals surface area contributed by atoms with Crippen LogP contribution >= 0.6 is 0 Å². The molecule has 20 heavy (non-hydrogen) atoms. The van der Waals surface area contributed by atoms with Gasteiger partial charge in [0.2, 0.25) is 5.76 Å². The van der Waals surface area contributed by atoms with Gasteiger partial charge in [0.25, 0.3) is 0 Å². The van der Waals surface area contributed by atoms with Crippen molar-refractivity contribution >= 4 is 16.9 Å². The van der Waals surface area contributed by atoms with E-state index in [1.165, 1.54) is 0 Å². The van der Waals surface area contributed by atoms with E-state index in [1.807, 2.05) is 19.1 Å². The molecule has 4 nitrogen and oxygen atoms in total. The van der Waals surface area contributed by atoms with E-state index in [0.717, 1.165) is 16.5 Å². The number of carboxylic acids is 1. The highest BCUT2D eigenvalue weighted by Gasteiger charge is 2.23. The molecule has 1 N–H and O–H groups in total. The highest BCUT2D eigenvalue weighted by molar-refractivity contribution is 5.96. The van der Waals surface area contributed by atoms with Crippen molar-refractivity contribution < 1.29 is 19.1 Å². The Morgan fingerprint density at radius 3 is 2.50 bits per heavy atom. The maximum absolute atomic E-state index is 11.3. The van der Waals surface area contributed by atoms with E-state index in [0.29, 0.717) is 11.1 Å². The number of rotatable bonds is 3. The monoisotopic (exact) mass is 276 g/mol. The number of benzene rings is 1. The van der Waals surface area contributed by atoms with Crippen LogP contribution in [0.25, 0.3) is 11.0 Å². The Morgan fingerprint density at radius 2 is 2.00 bits per heavy atom. The van der Waals surface area contributed by atoms with E-state index in [2.05, 4.69) is 20.8 Å². The molecule has 2 aromatic rings. The molecule has 0 aliphatic rings. The second-order valence-corrected chi connectivity index (χ2v) is 6.07. The molecule has 0 fully saturated rings. The van der Waals surface area contributed by atoms with Gasteiger partial charge >= 0.3 is 5.97 Å². The summed E-state index contributed by atoms with van der Waals surface area (Å²) in [6, 6.07) is 4.06. The van der Waals surface area contributed by atoms with Crippen LogP contribution in [-0.2, 0) is 16.8 Å². The first-order valence-corrected chi connectivity index (χ1v) is 6.54. The number of fused-ring (bicyclic) bond motifs is 1. The molecular weight excluding hydrogens is 256 g/mol. The molecule has 0 spiro atoms. The summed E-state index contributed by atoms with van der Waals surface area (Å²) in [5.41, 5.74) is 3.31. The van der Waals surface area contributed by atoms with Crippen molar-refractivity contribution in [3.05, 3.63) is 34.6 Å². The maximum atomic E-state index is 11.3. The first-order valence-electron chi connectivity index (χ1n) is 6.54. The van der Waals surface area contributed by atoms with Crippen molar-refractivity contribution in [3.63, 3.8) is 0 Å². The van der Waals surface area contributed by atoms with E-state index < -0.39 is 5.97 Å². The Kier molecular flexibility index (Phi) is 3.61. The molecule has 0 saturated heterocycles. The minimum absolute atomic E-state index is 0.00997. The van der Waals surface area contributed by atoms with Gasteiger partial charge in [-0.15, -0.1) is 0 Å². The summed E-state index contributed by atoms with van der Waals surface area (Å²) in [6.45, 7) is 8.54. The molecule has 0 bridgehead atoms. The van der Waals surface area contributed by atoms with Gasteiger partial charge < -0.3 is 14.3 Å². The third kappa shape index (κ3) is 2.43. The summed E-state index contributed by atoms with van der Waals surface area (Å²) in [4.78, 5) is 11.3. The molecule has 0 atom stereocenters. The number of ether oxygens (including phenoxy) is 1. The first-order chi connectivity index (χ1) is 9.25. The summed E-state index contributed by atoms with van der Waals surface area (Å²) in [7, 11) is 1.55. The van der Waals surface area contributed by atoms with Gasteiger partial charge in [-0.3, -0.25) is 0 Å². The normalized spacial score (nSPS) is 12.1. The van der Waals surface area contributed by atoms with Crippen molar-refractivity contribution in [2.75, 3.05) is 7.11 Å². The van der Waals surface area contributed by atoms with Gasteiger partial charge in [-0.25, -0.2) is 4.79 Å². The molecule has 1 heterocycles. The van der Waals surface area contributed by atoms with Crippen molar-refractivity contribution in [1.82, 2.24) is 0 Å². The summed E-state index contributed by atoms with van der Waals surface area (Å²) >= 11 is 0. The quantitative estimate of drug-likeness (QED) is 0.924. The number of furan rings is 1. The standard InChI is InChI=1S/C16H20O4/c1-9-6-10(16(2,3)4)7-11-12(8-19-5)14(15(17)18)20-13(9)11/h6-7H,8H2,1-5H3,(H,17,18). The number of hydrogen-bond donors (Lipinski definition) is 1. The Balaban J connectivity index is 2.79. The average molecular weight is 276 g/mol. The van der Waals surface area contributed by atoms with Crippen LogP contribution in [0.5, 0.6) is 0 Å². The summed E-state index contributed by atoms with van der Waals surface area (Å²) in [5, 5.41) is 10.1. The molecule has 0 aliphatic carbocycles. The Morgan fingerprint density at radius 1 is 1.35 bits per heavy atom. The van der Waals surface area contributed by atoms with Crippen LogP contribution in [0.1, 0.15) is 48.0 Å². The fraction of sp³-hybridized carbons (Fsp3) is 0.438. The number of hydrogen-bond acceptors (Lipinski definition) is 3. The molecule has 4 heteroatoms. The Bertz CT molecular complexity index is 659. The molecule has 0 aliphatic heterocycles. The number of aryl methyl sites for hydroxylation is 1. The van der Waals surface area contributed by atoms with Gasteiger partial charge in [-0.2, -0.15) is 0 Å². The molecule has 0 unspecified atom stereocenters. The average Bonchev–Trinajstić information content (AvgIpc) is 2.68. The largest absolute Gasteiger partial charge is 0.475 e. The zero-order valence-electron chi connectivity index (χ0n) is 12.5. The fourth-order valence-corrected chi connectivity index (χ4v) is 2.31. The second-order valence-electron chi connectivity index (χ2n) is 6.07. The van der Waals surface area contributed by atoms with Crippen LogP contribution < -0.4 is 0 Å². The third-order valence-corrected chi connectivity index (χ3v) is 3.43.